The fraction of sp³-hybridized carbons (Fsp3) is 0.293. The highest BCUT2D eigenvalue weighted by molar-refractivity contribution is 6.33. The van der Waals surface area contributed by atoms with Gasteiger partial charge in [0.1, 0.15) is 17.1 Å². The summed E-state index contributed by atoms with van der Waals surface area (Å²) in [5, 5.41) is 31.0. The predicted octanol–water partition coefficient (Wildman–Crippen LogP) is 6.82. The van der Waals surface area contributed by atoms with Crippen LogP contribution in [0.4, 0.5) is 16.2 Å². The molecule has 13 heteroatoms. The van der Waals surface area contributed by atoms with Gasteiger partial charge in [-0.25, -0.2) is 4.79 Å². The van der Waals surface area contributed by atoms with E-state index in [1.54, 1.807) is 24.3 Å². The summed E-state index contributed by atoms with van der Waals surface area (Å²) in [5.41, 5.74) is 3.56. The maximum Gasteiger partial charge on any atom is 0.412 e. The maximum absolute atomic E-state index is 13.0. The minimum Gasteiger partial charge on any atom is -0.506 e. The van der Waals surface area contributed by atoms with Crippen molar-refractivity contribution in [1.82, 2.24) is 15.2 Å². The van der Waals surface area contributed by atoms with Gasteiger partial charge in [-0.15, -0.1) is 0 Å². The lowest BCUT2D eigenvalue weighted by Crippen LogP contribution is -2.46. The van der Waals surface area contributed by atoms with Gasteiger partial charge >= 0.3 is 6.09 Å². The van der Waals surface area contributed by atoms with Crippen molar-refractivity contribution in [2.24, 2.45) is 0 Å². The summed E-state index contributed by atoms with van der Waals surface area (Å²) in [6, 6.07) is 26.8. The van der Waals surface area contributed by atoms with Crippen molar-refractivity contribution >= 4 is 45.9 Å². The molecule has 12 nitrogen and oxygen atoms in total. The third-order valence-electron chi connectivity index (χ3n) is 9.72. The van der Waals surface area contributed by atoms with Crippen molar-refractivity contribution in [3.8, 4) is 22.6 Å². The minimum atomic E-state index is -0.937. The number of aromatic amines is 1. The Bertz CT molecular complexity index is 2170. The number of likely N-dealkylation sites (tertiary alicyclic amines) is 1. The number of anilines is 2. The van der Waals surface area contributed by atoms with E-state index < -0.39 is 17.8 Å². The van der Waals surface area contributed by atoms with Crippen LogP contribution in [0.25, 0.3) is 22.0 Å². The Labute approximate surface area is 318 Å². The van der Waals surface area contributed by atoms with Crippen LogP contribution in [-0.2, 0) is 16.1 Å². The molecule has 2 heterocycles. The van der Waals surface area contributed by atoms with Crippen molar-refractivity contribution in [3.05, 3.63) is 117 Å². The molecule has 0 aliphatic carbocycles. The molecule has 1 aliphatic heterocycles. The molecule has 6 N–H and O–H groups in total. The SMILES string of the molecule is COc1cc(NC(=O)CCN2CCC(C)(OC(=O)Nc3ccccc3-c3ccccc3)CC2)c(Cl)cc1CNC[C@H](O)c1ccc(O)c2[nH]c(=O)ccc12. The Morgan fingerprint density at radius 2 is 1.70 bits per heavy atom. The first-order valence-corrected chi connectivity index (χ1v) is 18.2. The largest absolute Gasteiger partial charge is 0.506 e. The Kier molecular flexibility index (Phi) is 12.2. The van der Waals surface area contributed by atoms with Crippen molar-refractivity contribution in [3.63, 3.8) is 0 Å². The summed E-state index contributed by atoms with van der Waals surface area (Å²) in [6.45, 7) is 4.29. The van der Waals surface area contributed by atoms with Gasteiger partial charge in [-0.1, -0.05) is 66.2 Å². The second-order valence-electron chi connectivity index (χ2n) is 13.6. The fourth-order valence-electron chi connectivity index (χ4n) is 6.67. The van der Waals surface area contributed by atoms with Gasteiger partial charge < -0.3 is 40.2 Å². The molecule has 1 aromatic heterocycles. The number of carbonyl (C=O) groups excluding carboxylic acids is 2. The number of benzene rings is 4. The molecule has 282 valence electrons. The van der Waals surface area contributed by atoms with E-state index in [0.717, 1.165) is 16.7 Å². The van der Waals surface area contributed by atoms with E-state index >= 15 is 0 Å². The van der Waals surface area contributed by atoms with Gasteiger partial charge in [0.2, 0.25) is 11.5 Å². The zero-order chi connectivity index (χ0) is 38.2. The van der Waals surface area contributed by atoms with Gasteiger partial charge in [-0.3, -0.25) is 14.9 Å². The molecule has 2 amide bonds. The molecule has 0 unspecified atom stereocenters. The molecule has 54 heavy (non-hydrogen) atoms. The maximum atomic E-state index is 13.0. The number of nitrogens with zero attached hydrogens (tertiary/aromatic N) is 1. The Morgan fingerprint density at radius 1 is 0.963 bits per heavy atom. The number of aliphatic hydroxyl groups is 1. The van der Waals surface area contributed by atoms with Crippen LogP contribution in [0.15, 0.2) is 95.8 Å². The number of aromatic nitrogens is 1. The van der Waals surface area contributed by atoms with Gasteiger partial charge in [0, 0.05) is 67.8 Å². The molecule has 1 aliphatic rings. The summed E-state index contributed by atoms with van der Waals surface area (Å²) < 4.78 is 11.5. The highest BCUT2D eigenvalue weighted by Crippen LogP contribution is 2.33. The smallest absolute Gasteiger partial charge is 0.412 e. The standard InChI is InChI=1S/C41H44ClN5O7/c1-41(54-40(52)45-32-11-7-6-10-28(32)26-8-4-3-5-9-26)17-20-47(21-18-41)19-16-38(51)44-33-23-36(53-2)27(22-31(33)42)24-43-25-35(49)29-12-14-34(48)39-30(29)13-15-37(50)46-39/h3-15,22-23,35,43,48-49H,16-21,24-25H2,1-2H3,(H,44,51)(H,45,52)(H,46,50)/t35-/m0/s1. The third-order valence-corrected chi connectivity index (χ3v) is 10.0. The number of hydrogen-bond acceptors (Lipinski definition) is 9. The number of aromatic hydroxyl groups is 1. The number of pyridine rings is 1. The first-order valence-electron chi connectivity index (χ1n) is 17.8. The number of hydrogen-bond donors (Lipinski definition) is 6. The van der Waals surface area contributed by atoms with E-state index in [1.807, 2.05) is 61.5 Å². The van der Waals surface area contributed by atoms with E-state index in [-0.39, 0.29) is 35.7 Å². The number of para-hydroxylation sites is 1. The number of phenolic OH excluding ortho intramolecular Hbond substituents is 1. The van der Waals surface area contributed by atoms with E-state index in [9.17, 15) is 24.6 Å². The van der Waals surface area contributed by atoms with Crippen LogP contribution in [0.5, 0.6) is 11.5 Å². The number of methoxy groups -OCH3 is 1. The summed E-state index contributed by atoms with van der Waals surface area (Å²) in [4.78, 5) is 42.5. The number of nitrogens with one attached hydrogen (secondary N) is 4. The van der Waals surface area contributed by atoms with Crippen LogP contribution in [0, 0.1) is 0 Å². The van der Waals surface area contributed by atoms with E-state index in [1.165, 1.54) is 19.2 Å². The Hall–Kier alpha value is -5.40. The first kappa shape index (κ1) is 38.3. The lowest BCUT2D eigenvalue weighted by molar-refractivity contribution is -0.116. The summed E-state index contributed by atoms with van der Waals surface area (Å²) in [7, 11) is 1.53. The highest BCUT2D eigenvalue weighted by atomic mass is 35.5. The number of ether oxygens (including phenoxy) is 2. The van der Waals surface area contributed by atoms with Crippen LogP contribution in [0.1, 0.15) is 43.4 Å². The van der Waals surface area contributed by atoms with Gasteiger partial charge in [-0.05, 0) is 55.2 Å². The normalized spacial score (nSPS) is 14.7. The summed E-state index contributed by atoms with van der Waals surface area (Å²) in [6.07, 6.45) is 0.0682. The second-order valence-corrected chi connectivity index (χ2v) is 14.0. The first-order chi connectivity index (χ1) is 26.0. The molecule has 0 bridgehead atoms. The number of rotatable bonds is 13. The predicted molar refractivity (Wildman–Crippen MR) is 210 cm³/mol. The van der Waals surface area contributed by atoms with Crippen LogP contribution in [0.3, 0.4) is 0 Å². The van der Waals surface area contributed by atoms with Crippen LogP contribution < -0.4 is 26.2 Å². The molecule has 0 spiro atoms. The average Bonchev–Trinajstić information content (AvgIpc) is 3.16. The Morgan fingerprint density at radius 3 is 2.46 bits per heavy atom. The van der Waals surface area contributed by atoms with Crippen LogP contribution in [0.2, 0.25) is 5.02 Å². The molecule has 1 atom stereocenters. The molecule has 1 fully saturated rings. The molecule has 1 saturated heterocycles. The van der Waals surface area contributed by atoms with Gasteiger partial charge in [0.05, 0.1) is 35.1 Å². The van der Waals surface area contributed by atoms with Crippen molar-refractivity contribution < 1.29 is 29.3 Å². The lowest BCUT2D eigenvalue weighted by Gasteiger charge is -2.38. The molecule has 4 aromatic carbocycles. The number of aliphatic hydroxyl groups excluding tert-OH is 1. The number of H-pyrrole nitrogens is 1. The molecular weight excluding hydrogens is 710 g/mol. The van der Waals surface area contributed by atoms with Gasteiger partial charge in [-0.2, -0.15) is 0 Å². The molecule has 0 radical (unpaired) electrons. The number of phenols is 1. The van der Waals surface area contributed by atoms with Gasteiger partial charge in [0.15, 0.2) is 0 Å². The van der Waals surface area contributed by atoms with Gasteiger partial charge in [0.25, 0.3) is 0 Å². The number of halogens is 1. The summed E-state index contributed by atoms with van der Waals surface area (Å²) >= 11 is 6.59. The van der Waals surface area contributed by atoms with Crippen LogP contribution >= 0.6 is 11.6 Å². The fourth-order valence-corrected chi connectivity index (χ4v) is 6.90. The number of piperidine rings is 1. The zero-order valence-corrected chi connectivity index (χ0v) is 30.9. The van der Waals surface area contributed by atoms with Crippen molar-refractivity contribution in [1.29, 1.82) is 0 Å². The number of amides is 2. The third kappa shape index (κ3) is 9.39. The van der Waals surface area contributed by atoms with E-state index in [2.05, 4.69) is 25.8 Å². The minimum absolute atomic E-state index is 0.0806. The van der Waals surface area contributed by atoms with E-state index in [4.69, 9.17) is 21.1 Å². The quantitative estimate of drug-likeness (QED) is 0.0757. The number of fused-ring (bicyclic) bond motifs is 1. The number of carbonyl (C=O) groups is 2. The zero-order valence-electron chi connectivity index (χ0n) is 30.2. The highest BCUT2D eigenvalue weighted by Gasteiger charge is 2.34. The van der Waals surface area contributed by atoms with Crippen molar-refractivity contribution in [2.45, 2.75) is 44.4 Å². The summed E-state index contributed by atoms with van der Waals surface area (Å²) in [5.74, 6) is 0.228. The van der Waals surface area contributed by atoms with Crippen LogP contribution in [-0.4, -0.2) is 71.0 Å². The topological polar surface area (TPSA) is 165 Å². The average molecular weight is 754 g/mol. The van der Waals surface area contributed by atoms with E-state index in [0.29, 0.717) is 72.1 Å². The monoisotopic (exact) mass is 753 g/mol. The molecule has 0 saturated carbocycles. The lowest BCUT2D eigenvalue weighted by atomic mass is 9.93. The van der Waals surface area contributed by atoms with Crippen molar-refractivity contribution in [2.75, 3.05) is 43.9 Å². The second kappa shape index (κ2) is 17.2. The Balaban J connectivity index is 0.960. The molecule has 6 rings (SSSR count). The molecule has 5 aromatic rings. The molecular formula is C41H44ClN5O7.